The van der Waals surface area contributed by atoms with Gasteiger partial charge in [-0.05, 0) is 23.9 Å². The normalized spacial score (nSPS) is 27.5. The van der Waals surface area contributed by atoms with E-state index in [2.05, 4.69) is 5.32 Å². The Kier molecular flexibility index (Phi) is 1.41. The quantitative estimate of drug-likeness (QED) is 0.593. The van der Waals surface area contributed by atoms with E-state index in [0.29, 0.717) is 5.03 Å². The predicted molar refractivity (Wildman–Crippen MR) is 43.3 cm³/mol. The van der Waals surface area contributed by atoms with Gasteiger partial charge in [-0.25, -0.2) is 0 Å². The molecule has 2 rings (SSSR count). The molecular weight excluding hydrogens is 164 g/mol. The van der Waals surface area contributed by atoms with E-state index in [0.717, 1.165) is 10.6 Å². The second kappa shape index (κ2) is 2.29. The van der Waals surface area contributed by atoms with Crippen molar-refractivity contribution >= 4 is 11.6 Å². The van der Waals surface area contributed by atoms with Crippen LogP contribution < -0.4 is 5.32 Å². The summed E-state index contributed by atoms with van der Waals surface area (Å²) in [5, 5.41) is 15.3. The molecule has 1 atom stereocenters. The Morgan fingerprint density at radius 1 is 1.64 bits per heavy atom. The first kappa shape index (κ1) is 6.76. The fourth-order valence-electron chi connectivity index (χ4n) is 1.16. The van der Waals surface area contributed by atoms with Crippen LogP contribution in [0.25, 0.3) is 0 Å². The summed E-state index contributed by atoms with van der Waals surface area (Å²) in [6, 6.07) is 0. The second-order valence-corrected chi connectivity index (χ2v) is 2.86. The zero-order chi connectivity index (χ0) is 7.84. The first-order valence-corrected chi connectivity index (χ1v) is 3.62. The van der Waals surface area contributed by atoms with Crippen LogP contribution in [0.15, 0.2) is 35.2 Å². The van der Waals surface area contributed by atoms with Gasteiger partial charge < -0.3 is 15.6 Å². The molecule has 0 saturated heterocycles. The Hall–Kier alpha value is -0.930. The van der Waals surface area contributed by atoms with Gasteiger partial charge in [-0.15, -0.1) is 0 Å². The zero-order valence-electron chi connectivity index (χ0n) is 5.62. The Bertz CT molecular complexity index is 270. The number of hydroxylamine groups is 2. The van der Waals surface area contributed by atoms with Gasteiger partial charge in [0.15, 0.2) is 0 Å². The van der Waals surface area contributed by atoms with Gasteiger partial charge in [0.1, 0.15) is 6.17 Å². The summed E-state index contributed by atoms with van der Waals surface area (Å²) in [5.74, 6) is 0. The lowest BCUT2D eigenvalue weighted by atomic mass is 10.2. The molecule has 1 N–H and O–H groups in total. The molecule has 0 aliphatic carbocycles. The monoisotopic (exact) mass is 169 g/mol. The van der Waals surface area contributed by atoms with E-state index >= 15 is 0 Å². The maximum absolute atomic E-state index is 11.1. The minimum absolute atomic E-state index is 0.266. The molecule has 4 heteroatoms. The third-order valence-corrected chi connectivity index (χ3v) is 1.86. The molecule has 11 heavy (non-hydrogen) atoms. The molecular formula is C7H6ClN2O-. The van der Waals surface area contributed by atoms with Gasteiger partial charge in [-0.1, -0.05) is 11.6 Å². The third kappa shape index (κ3) is 1.02. The summed E-state index contributed by atoms with van der Waals surface area (Å²) < 4.78 is 0. The molecule has 0 aromatic rings. The number of nitrogens with zero attached hydrogens (tertiary/aromatic N) is 1. The van der Waals surface area contributed by atoms with Crippen molar-refractivity contribution in [2.45, 2.75) is 6.17 Å². The number of nitrogens with one attached hydrogen (secondary N) is 1. The number of hydrogen-bond acceptors (Lipinski definition) is 3. The zero-order valence-corrected chi connectivity index (χ0v) is 6.38. The molecule has 0 radical (unpaired) electrons. The highest BCUT2D eigenvalue weighted by atomic mass is 35.5. The van der Waals surface area contributed by atoms with Crippen LogP contribution >= 0.6 is 11.6 Å². The van der Waals surface area contributed by atoms with Crippen LogP contribution in [0.4, 0.5) is 0 Å². The van der Waals surface area contributed by atoms with Crippen molar-refractivity contribution < 1.29 is 0 Å². The van der Waals surface area contributed by atoms with E-state index in [9.17, 15) is 5.21 Å². The summed E-state index contributed by atoms with van der Waals surface area (Å²) in [7, 11) is 0. The summed E-state index contributed by atoms with van der Waals surface area (Å²) in [4.78, 5) is 0. The summed E-state index contributed by atoms with van der Waals surface area (Å²) in [6.45, 7) is 0. The van der Waals surface area contributed by atoms with Crippen LogP contribution in [0.5, 0.6) is 0 Å². The Morgan fingerprint density at radius 2 is 2.45 bits per heavy atom. The number of fused-ring (bicyclic) bond motifs is 1. The first-order chi connectivity index (χ1) is 5.27. The fourth-order valence-corrected chi connectivity index (χ4v) is 1.39. The molecule has 58 valence electrons. The smallest absolute Gasteiger partial charge is 0.115 e. The van der Waals surface area contributed by atoms with Gasteiger partial charge >= 0.3 is 0 Å². The van der Waals surface area contributed by atoms with Crippen molar-refractivity contribution in [3.05, 3.63) is 40.4 Å². The van der Waals surface area contributed by atoms with Gasteiger partial charge in [0, 0.05) is 6.20 Å². The van der Waals surface area contributed by atoms with Crippen LogP contribution in [0, 0.1) is 5.21 Å². The first-order valence-electron chi connectivity index (χ1n) is 3.24. The number of hydrogen-bond donors (Lipinski definition) is 1. The second-order valence-electron chi connectivity index (χ2n) is 2.42. The van der Waals surface area contributed by atoms with E-state index < -0.39 is 0 Å². The Morgan fingerprint density at radius 3 is 3.27 bits per heavy atom. The number of halogens is 1. The minimum atomic E-state index is -0.266. The van der Waals surface area contributed by atoms with Crippen LogP contribution in [0.2, 0.25) is 0 Å². The van der Waals surface area contributed by atoms with Crippen molar-refractivity contribution in [3.63, 3.8) is 0 Å². The highest BCUT2D eigenvalue weighted by molar-refractivity contribution is 6.31. The molecule has 0 saturated carbocycles. The number of rotatable bonds is 0. The maximum Gasteiger partial charge on any atom is 0.115 e. The lowest BCUT2D eigenvalue weighted by Gasteiger charge is -2.36. The van der Waals surface area contributed by atoms with E-state index in [1.807, 2.05) is 6.08 Å². The van der Waals surface area contributed by atoms with Crippen molar-refractivity contribution in [1.29, 1.82) is 0 Å². The molecule has 0 bridgehead atoms. The van der Waals surface area contributed by atoms with Crippen LogP contribution in [0.3, 0.4) is 0 Å². The van der Waals surface area contributed by atoms with Crippen LogP contribution in [0.1, 0.15) is 0 Å². The topological polar surface area (TPSA) is 38.3 Å². The molecule has 0 aromatic carbocycles. The van der Waals surface area contributed by atoms with Crippen molar-refractivity contribution in [1.82, 2.24) is 10.4 Å². The Balaban J connectivity index is 2.35. The van der Waals surface area contributed by atoms with Crippen LogP contribution in [-0.4, -0.2) is 11.2 Å². The Labute approximate surface area is 69.2 Å². The molecule has 2 aliphatic heterocycles. The molecule has 0 amide bonds. The summed E-state index contributed by atoms with van der Waals surface area (Å²) in [6.07, 6.45) is 6.44. The van der Waals surface area contributed by atoms with Gasteiger partial charge in [0.25, 0.3) is 0 Å². The molecule has 1 unspecified atom stereocenters. The highest BCUT2D eigenvalue weighted by Crippen LogP contribution is 2.23. The standard InChI is InChI=1S/C7H6ClN2O/c8-6-3-5-1-2-9-7(5)10(11)4-6/h1-4,7,9H/q-1. The van der Waals surface area contributed by atoms with E-state index in [1.54, 1.807) is 12.3 Å². The molecule has 3 nitrogen and oxygen atoms in total. The summed E-state index contributed by atoms with van der Waals surface area (Å²) in [5.41, 5.74) is 0.910. The van der Waals surface area contributed by atoms with Gasteiger partial charge in [0.2, 0.25) is 0 Å². The highest BCUT2D eigenvalue weighted by Gasteiger charge is 2.18. The predicted octanol–water partition coefficient (Wildman–Crippen LogP) is 1.25. The summed E-state index contributed by atoms with van der Waals surface area (Å²) >= 11 is 5.66. The maximum atomic E-state index is 11.1. The lowest BCUT2D eigenvalue weighted by Crippen LogP contribution is -2.36. The van der Waals surface area contributed by atoms with Crippen molar-refractivity contribution in [3.8, 4) is 0 Å². The SMILES string of the molecule is [O-]N1C=C(Cl)C=C2C=CNC21. The third-order valence-electron chi connectivity index (χ3n) is 1.66. The average Bonchev–Trinajstić information content (AvgIpc) is 2.34. The number of allylic oxidation sites excluding steroid dienone is 2. The molecule has 2 aliphatic rings. The van der Waals surface area contributed by atoms with Crippen molar-refractivity contribution in [2.24, 2.45) is 0 Å². The van der Waals surface area contributed by atoms with Crippen LogP contribution in [-0.2, 0) is 0 Å². The fraction of sp³-hybridized carbons (Fsp3) is 0.143. The molecule has 0 spiro atoms. The van der Waals surface area contributed by atoms with Gasteiger partial charge in [-0.2, -0.15) is 0 Å². The van der Waals surface area contributed by atoms with E-state index in [-0.39, 0.29) is 6.17 Å². The van der Waals surface area contributed by atoms with Crippen molar-refractivity contribution in [2.75, 3.05) is 0 Å². The molecule has 0 aromatic heterocycles. The molecule has 0 fully saturated rings. The largest absolute Gasteiger partial charge is 0.757 e. The van der Waals surface area contributed by atoms with Gasteiger partial charge in [0.05, 0.1) is 5.03 Å². The molecule has 2 heterocycles. The average molecular weight is 170 g/mol. The van der Waals surface area contributed by atoms with E-state index in [4.69, 9.17) is 11.6 Å². The van der Waals surface area contributed by atoms with Gasteiger partial charge in [-0.3, -0.25) is 0 Å². The van der Waals surface area contributed by atoms with E-state index in [1.165, 1.54) is 6.20 Å². The minimum Gasteiger partial charge on any atom is -0.757 e. The lowest BCUT2D eigenvalue weighted by molar-refractivity contribution is 0.388.